The predicted octanol–water partition coefficient (Wildman–Crippen LogP) is 4.26. The molecule has 3 aromatic rings. The number of rotatable bonds is 2. The molecule has 7 heteroatoms. The molecule has 4 aliphatic rings. The van der Waals surface area contributed by atoms with E-state index in [2.05, 4.69) is 77.1 Å². The summed E-state index contributed by atoms with van der Waals surface area (Å²) >= 11 is 7.38. The number of alkyl halides is 1. The van der Waals surface area contributed by atoms with E-state index in [1.165, 1.54) is 36.6 Å². The van der Waals surface area contributed by atoms with Gasteiger partial charge in [-0.05, 0) is 56.2 Å². The number of piperidine rings is 2. The predicted molar refractivity (Wildman–Crippen MR) is 123 cm³/mol. The second-order valence-corrected chi connectivity index (χ2v) is 10.8. The van der Waals surface area contributed by atoms with Crippen LogP contribution in [-0.2, 0) is 12.6 Å². The Balaban J connectivity index is 1.55. The number of aromatic nitrogens is 4. The molecule has 2 aliphatic carbocycles. The summed E-state index contributed by atoms with van der Waals surface area (Å²) in [5.41, 5.74) is 4.68. The van der Waals surface area contributed by atoms with Crippen molar-refractivity contribution in [3.8, 4) is 11.1 Å². The minimum absolute atomic E-state index is 0.113. The summed E-state index contributed by atoms with van der Waals surface area (Å²) in [4.78, 5) is 7.58. The number of hydrogen-bond acceptors (Lipinski definition) is 4. The van der Waals surface area contributed by atoms with Gasteiger partial charge in [-0.3, -0.25) is 13.6 Å². The van der Waals surface area contributed by atoms with Crippen LogP contribution in [-0.4, -0.2) is 40.7 Å². The van der Waals surface area contributed by atoms with Crippen LogP contribution in [0.5, 0.6) is 0 Å². The maximum absolute atomic E-state index is 4.89. The number of hydrogen-bond donors (Lipinski definition) is 1. The zero-order chi connectivity index (χ0) is 19.2. The normalized spacial score (nSPS) is 34.6. The summed E-state index contributed by atoms with van der Waals surface area (Å²) < 4.78 is 4.33. The first-order valence-electron chi connectivity index (χ1n) is 10.0. The van der Waals surface area contributed by atoms with Crippen LogP contribution in [0.3, 0.4) is 0 Å². The van der Waals surface area contributed by atoms with Gasteiger partial charge in [0.25, 0.3) is 0 Å². The van der Waals surface area contributed by atoms with Gasteiger partial charge >= 0.3 is 0 Å². The van der Waals surface area contributed by atoms with E-state index in [4.69, 9.17) is 4.98 Å². The van der Waals surface area contributed by atoms with Crippen molar-refractivity contribution in [1.29, 1.82) is 0 Å². The molecule has 5 atom stereocenters. The maximum Gasteiger partial charge on any atom is 0.150 e. The molecule has 0 aromatic carbocycles. The molecule has 5 heterocycles. The Morgan fingerprint density at radius 3 is 2.82 bits per heavy atom. The highest BCUT2D eigenvalue weighted by molar-refractivity contribution is 14.1. The molecule has 4 bridgehead atoms. The largest absolute Gasteiger partial charge is 0.293 e. The molecule has 2 saturated heterocycles. The maximum atomic E-state index is 4.89. The number of halogens is 1. The molecule has 7 rings (SSSR count). The van der Waals surface area contributed by atoms with E-state index in [-0.39, 0.29) is 5.54 Å². The van der Waals surface area contributed by atoms with Crippen LogP contribution in [0.2, 0.25) is 0 Å². The van der Waals surface area contributed by atoms with Gasteiger partial charge in [-0.2, -0.15) is 5.10 Å². The Kier molecular flexibility index (Phi) is 3.80. The van der Waals surface area contributed by atoms with Gasteiger partial charge in [-0.25, -0.2) is 4.98 Å². The van der Waals surface area contributed by atoms with Gasteiger partial charge in [0.05, 0.1) is 11.7 Å². The lowest BCUT2D eigenvalue weighted by molar-refractivity contribution is -0.102. The van der Waals surface area contributed by atoms with Gasteiger partial charge in [0.2, 0.25) is 0 Å². The quantitative estimate of drug-likeness (QED) is 0.322. The second kappa shape index (κ2) is 5.98. The van der Waals surface area contributed by atoms with Crippen molar-refractivity contribution in [2.45, 2.75) is 41.2 Å². The second-order valence-electron chi connectivity index (χ2n) is 9.01. The number of nitrogens with zero attached hydrogens (tertiary/aromatic N) is 5. The van der Waals surface area contributed by atoms with Crippen molar-refractivity contribution in [2.24, 2.45) is 18.9 Å². The van der Waals surface area contributed by atoms with E-state index in [0.29, 0.717) is 3.92 Å². The third-order valence-electron chi connectivity index (χ3n) is 7.60. The van der Waals surface area contributed by atoms with Crippen LogP contribution < -0.4 is 0 Å². The standard InChI is InChI=1S/C21H24IN5S/c1-25-10-14(8-24-25)18-11-27(28)20-17(18)6-15(9-23-20)21-7-12-3-13(19(21)22)5-16(4-12)26(21)2/h6,8-13,16,19,28H,3-5,7H2,1-2H3. The molecule has 0 spiro atoms. The molecule has 0 radical (unpaired) electrons. The Bertz CT molecular complexity index is 1070. The minimum atomic E-state index is 0.113. The molecule has 4 fully saturated rings. The van der Waals surface area contributed by atoms with Crippen molar-refractivity contribution in [3.63, 3.8) is 0 Å². The summed E-state index contributed by atoms with van der Waals surface area (Å²) in [6.45, 7) is 0. The summed E-state index contributed by atoms with van der Waals surface area (Å²) in [6, 6.07) is 3.12. The third-order valence-corrected chi connectivity index (χ3v) is 9.96. The summed E-state index contributed by atoms with van der Waals surface area (Å²) in [6.07, 6.45) is 13.6. The summed E-state index contributed by atoms with van der Waals surface area (Å²) in [5.74, 6) is 1.71. The van der Waals surface area contributed by atoms with Crippen LogP contribution in [0.4, 0.5) is 0 Å². The molecule has 5 unspecified atom stereocenters. The first-order chi connectivity index (χ1) is 13.5. The minimum Gasteiger partial charge on any atom is -0.293 e. The van der Waals surface area contributed by atoms with Crippen LogP contribution in [0.1, 0.15) is 31.2 Å². The van der Waals surface area contributed by atoms with Gasteiger partial charge in [-0.1, -0.05) is 35.4 Å². The topological polar surface area (TPSA) is 38.9 Å². The molecule has 0 N–H and O–H groups in total. The molecule has 28 heavy (non-hydrogen) atoms. The zero-order valence-electron chi connectivity index (χ0n) is 16.1. The average Bonchev–Trinajstić information content (AvgIpc) is 3.26. The number of fused-ring (bicyclic) bond motifs is 1. The smallest absolute Gasteiger partial charge is 0.150 e. The first-order valence-corrected chi connectivity index (χ1v) is 11.7. The number of pyridine rings is 1. The Labute approximate surface area is 184 Å². The molecule has 2 saturated carbocycles. The fraction of sp³-hybridized carbons (Fsp3) is 0.524. The van der Waals surface area contributed by atoms with E-state index in [9.17, 15) is 0 Å². The lowest BCUT2D eigenvalue weighted by Crippen LogP contribution is -2.67. The van der Waals surface area contributed by atoms with Crippen molar-refractivity contribution in [1.82, 2.24) is 23.6 Å². The fourth-order valence-corrected chi connectivity index (χ4v) is 8.29. The highest BCUT2D eigenvalue weighted by Crippen LogP contribution is 2.60. The molecule has 5 nitrogen and oxygen atoms in total. The van der Waals surface area contributed by atoms with Crippen LogP contribution in [0.25, 0.3) is 22.2 Å². The van der Waals surface area contributed by atoms with E-state index in [1.807, 2.05) is 21.9 Å². The number of thiol groups is 1. The fourth-order valence-electron chi connectivity index (χ4n) is 6.38. The third kappa shape index (κ3) is 2.24. The molecule has 146 valence electrons. The van der Waals surface area contributed by atoms with Crippen molar-refractivity contribution in [2.75, 3.05) is 7.05 Å². The van der Waals surface area contributed by atoms with E-state index in [0.717, 1.165) is 34.7 Å². The summed E-state index contributed by atoms with van der Waals surface area (Å²) in [7, 11) is 4.31. The first kappa shape index (κ1) is 17.8. The van der Waals surface area contributed by atoms with Crippen LogP contribution in [0.15, 0.2) is 30.9 Å². The molecular formula is C21H24IN5S. The van der Waals surface area contributed by atoms with E-state index >= 15 is 0 Å². The summed E-state index contributed by atoms with van der Waals surface area (Å²) in [5, 5.41) is 5.54. The van der Waals surface area contributed by atoms with Crippen molar-refractivity contribution in [3.05, 3.63) is 36.4 Å². The van der Waals surface area contributed by atoms with Crippen LogP contribution in [0, 0.1) is 11.8 Å². The van der Waals surface area contributed by atoms with Gasteiger partial charge in [-0.15, -0.1) is 0 Å². The SMILES string of the molecule is CN1C2CC3CC(C2)C(I)C1(c1cnc2c(c1)c(-c1cnn(C)c1)cn2S)C3. The number of aryl methyl sites for hydroxylation is 1. The molecule has 0 amide bonds. The monoisotopic (exact) mass is 505 g/mol. The van der Waals surface area contributed by atoms with Gasteiger partial charge in [0, 0.05) is 52.1 Å². The zero-order valence-corrected chi connectivity index (χ0v) is 19.1. The highest BCUT2D eigenvalue weighted by Gasteiger charge is 2.60. The Hall–Kier alpha value is -1.06. The van der Waals surface area contributed by atoms with Crippen molar-refractivity contribution < 1.29 is 0 Å². The van der Waals surface area contributed by atoms with Crippen LogP contribution >= 0.6 is 35.4 Å². The molecule has 3 aromatic heterocycles. The average molecular weight is 505 g/mol. The van der Waals surface area contributed by atoms with Gasteiger partial charge in [0.1, 0.15) is 5.65 Å². The van der Waals surface area contributed by atoms with Gasteiger partial charge < -0.3 is 0 Å². The lowest BCUT2D eigenvalue weighted by Gasteiger charge is -2.65. The van der Waals surface area contributed by atoms with E-state index in [1.54, 1.807) is 0 Å². The van der Waals surface area contributed by atoms with Gasteiger partial charge in [0.15, 0.2) is 0 Å². The van der Waals surface area contributed by atoms with Crippen molar-refractivity contribution >= 4 is 46.4 Å². The molecular weight excluding hydrogens is 481 g/mol. The van der Waals surface area contributed by atoms with E-state index < -0.39 is 0 Å². The highest BCUT2D eigenvalue weighted by atomic mass is 127. The molecule has 2 aliphatic heterocycles. The lowest BCUT2D eigenvalue weighted by atomic mass is 9.56. The Morgan fingerprint density at radius 1 is 1.18 bits per heavy atom. The Morgan fingerprint density at radius 2 is 2.04 bits per heavy atom.